The molecule has 0 radical (unpaired) electrons. The Morgan fingerprint density at radius 1 is 1.60 bits per heavy atom. The van der Waals surface area contributed by atoms with E-state index >= 15 is 0 Å². The SMILES string of the molecule is C=C/C=C\C=C1/CN=CS1. The molecule has 1 aliphatic heterocycles. The van der Waals surface area contributed by atoms with E-state index in [2.05, 4.69) is 17.6 Å². The molecule has 0 aromatic rings. The van der Waals surface area contributed by atoms with Crippen molar-refractivity contribution in [3.63, 3.8) is 0 Å². The highest BCUT2D eigenvalue weighted by Crippen LogP contribution is 2.18. The van der Waals surface area contributed by atoms with Gasteiger partial charge in [-0.3, -0.25) is 4.99 Å². The zero-order valence-corrected chi connectivity index (χ0v) is 6.47. The van der Waals surface area contributed by atoms with Gasteiger partial charge in [0.25, 0.3) is 0 Å². The van der Waals surface area contributed by atoms with E-state index in [1.165, 1.54) is 4.91 Å². The van der Waals surface area contributed by atoms with E-state index in [-0.39, 0.29) is 0 Å². The Bertz CT molecular complexity index is 191. The Balaban J connectivity index is 2.40. The molecule has 0 bridgehead atoms. The quantitative estimate of drug-likeness (QED) is 0.552. The summed E-state index contributed by atoms with van der Waals surface area (Å²) in [7, 11) is 0. The summed E-state index contributed by atoms with van der Waals surface area (Å²) in [6, 6.07) is 0. The topological polar surface area (TPSA) is 12.4 Å². The van der Waals surface area contributed by atoms with E-state index in [0.29, 0.717) is 0 Å². The zero-order chi connectivity index (χ0) is 7.23. The monoisotopic (exact) mass is 151 g/mol. The van der Waals surface area contributed by atoms with Crippen LogP contribution in [0.1, 0.15) is 0 Å². The van der Waals surface area contributed by atoms with Gasteiger partial charge < -0.3 is 0 Å². The first kappa shape index (κ1) is 7.35. The van der Waals surface area contributed by atoms with Crippen LogP contribution in [0.5, 0.6) is 0 Å². The summed E-state index contributed by atoms with van der Waals surface area (Å²) in [6.07, 6.45) is 7.70. The summed E-state index contributed by atoms with van der Waals surface area (Å²) in [5.41, 5.74) is 1.87. The molecule has 0 amide bonds. The Kier molecular flexibility index (Phi) is 3.03. The molecule has 0 atom stereocenters. The van der Waals surface area contributed by atoms with Crippen molar-refractivity contribution in [3.8, 4) is 0 Å². The first-order valence-electron chi connectivity index (χ1n) is 3.06. The summed E-state index contributed by atoms with van der Waals surface area (Å²) in [6.45, 7) is 4.41. The van der Waals surface area contributed by atoms with E-state index in [0.717, 1.165) is 6.54 Å². The van der Waals surface area contributed by atoms with Crippen molar-refractivity contribution in [1.29, 1.82) is 0 Å². The van der Waals surface area contributed by atoms with Crippen LogP contribution < -0.4 is 0 Å². The first-order chi connectivity index (χ1) is 4.93. The van der Waals surface area contributed by atoms with Crippen molar-refractivity contribution >= 4 is 17.3 Å². The fourth-order valence-corrected chi connectivity index (χ4v) is 1.19. The van der Waals surface area contributed by atoms with E-state index in [1.54, 1.807) is 17.8 Å². The third kappa shape index (κ3) is 2.23. The molecule has 1 nitrogen and oxygen atoms in total. The second-order valence-corrected chi connectivity index (χ2v) is 2.79. The molecule has 2 heteroatoms. The summed E-state index contributed by atoms with van der Waals surface area (Å²) in [5.74, 6) is 0. The van der Waals surface area contributed by atoms with Gasteiger partial charge in [-0.2, -0.15) is 0 Å². The van der Waals surface area contributed by atoms with Gasteiger partial charge in [-0.15, -0.1) is 0 Å². The van der Waals surface area contributed by atoms with Gasteiger partial charge in [-0.1, -0.05) is 42.6 Å². The van der Waals surface area contributed by atoms with Crippen molar-refractivity contribution in [1.82, 2.24) is 0 Å². The molecule has 0 spiro atoms. The molecule has 0 fully saturated rings. The van der Waals surface area contributed by atoms with E-state index in [4.69, 9.17) is 0 Å². The largest absolute Gasteiger partial charge is 0.281 e. The van der Waals surface area contributed by atoms with Gasteiger partial charge >= 0.3 is 0 Å². The lowest BCUT2D eigenvalue weighted by atomic mass is 10.4. The fourth-order valence-electron chi connectivity index (χ4n) is 0.603. The molecule has 0 aromatic heterocycles. The molecule has 1 rings (SSSR count). The maximum absolute atomic E-state index is 4.05. The zero-order valence-electron chi connectivity index (χ0n) is 5.66. The number of aliphatic imine (C=N–C) groups is 1. The molecule has 0 saturated carbocycles. The van der Waals surface area contributed by atoms with Crippen LogP contribution in [0.15, 0.2) is 40.8 Å². The van der Waals surface area contributed by atoms with Crippen LogP contribution in [-0.4, -0.2) is 12.1 Å². The number of hydrogen-bond donors (Lipinski definition) is 0. The average molecular weight is 151 g/mol. The number of hydrogen-bond acceptors (Lipinski definition) is 2. The molecule has 52 valence electrons. The molecule has 0 N–H and O–H groups in total. The van der Waals surface area contributed by atoms with E-state index < -0.39 is 0 Å². The lowest BCUT2D eigenvalue weighted by molar-refractivity contribution is 1.26. The average Bonchev–Trinajstić information content (AvgIpc) is 2.41. The summed E-state index contributed by atoms with van der Waals surface area (Å²) in [5, 5.41) is 0. The van der Waals surface area contributed by atoms with Gasteiger partial charge in [0.05, 0.1) is 12.1 Å². The summed E-state index contributed by atoms with van der Waals surface area (Å²) < 4.78 is 0. The van der Waals surface area contributed by atoms with Gasteiger partial charge in [0.1, 0.15) is 0 Å². The number of thioether (sulfide) groups is 1. The maximum atomic E-state index is 4.05. The van der Waals surface area contributed by atoms with Crippen molar-refractivity contribution in [2.45, 2.75) is 0 Å². The number of nitrogens with zero attached hydrogens (tertiary/aromatic N) is 1. The van der Waals surface area contributed by atoms with Gasteiger partial charge in [-0.05, 0) is 0 Å². The second kappa shape index (κ2) is 4.12. The molecule has 0 unspecified atom stereocenters. The predicted octanol–water partition coefficient (Wildman–Crippen LogP) is 2.39. The van der Waals surface area contributed by atoms with Crippen molar-refractivity contribution in [2.75, 3.05) is 6.54 Å². The lowest BCUT2D eigenvalue weighted by Gasteiger charge is -1.85. The van der Waals surface area contributed by atoms with Gasteiger partial charge in [0, 0.05) is 4.91 Å². The van der Waals surface area contributed by atoms with E-state index in [9.17, 15) is 0 Å². The second-order valence-electron chi connectivity index (χ2n) is 1.82. The summed E-state index contributed by atoms with van der Waals surface area (Å²) >= 11 is 1.68. The third-order valence-corrected chi connectivity index (χ3v) is 1.88. The minimum Gasteiger partial charge on any atom is -0.281 e. The maximum Gasteiger partial charge on any atom is 0.0708 e. The first-order valence-corrected chi connectivity index (χ1v) is 3.94. The van der Waals surface area contributed by atoms with Crippen LogP contribution in [0, 0.1) is 0 Å². The third-order valence-electron chi connectivity index (χ3n) is 1.06. The van der Waals surface area contributed by atoms with Crippen LogP contribution >= 0.6 is 11.8 Å². The lowest BCUT2D eigenvalue weighted by Crippen LogP contribution is -1.71. The highest BCUT2D eigenvalue weighted by Gasteiger charge is 1.97. The fraction of sp³-hybridized carbons (Fsp3) is 0.125. The highest BCUT2D eigenvalue weighted by molar-refractivity contribution is 8.15. The number of allylic oxidation sites excluding steroid dienone is 4. The van der Waals surface area contributed by atoms with Gasteiger partial charge in [0.15, 0.2) is 0 Å². The normalized spacial score (nSPS) is 21.0. The van der Waals surface area contributed by atoms with Crippen LogP contribution in [-0.2, 0) is 0 Å². The van der Waals surface area contributed by atoms with Gasteiger partial charge in [-0.25, -0.2) is 0 Å². The van der Waals surface area contributed by atoms with Crippen molar-refractivity contribution in [3.05, 3.63) is 35.8 Å². The Morgan fingerprint density at radius 3 is 3.10 bits per heavy atom. The highest BCUT2D eigenvalue weighted by atomic mass is 32.2. The van der Waals surface area contributed by atoms with Crippen LogP contribution in [0.2, 0.25) is 0 Å². The molecule has 0 aliphatic carbocycles. The van der Waals surface area contributed by atoms with Gasteiger partial charge in [0.2, 0.25) is 0 Å². The smallest absolute Gasteiger partial charge is 0.0708 e. The molecular formula is C8H9NS. The minimum absolute atomic E-state index is 0.839. The molecule has 1 aliphatic rings. The molecular weight excluding hydrogens is 142 g/mol. The molecule has 0 aromatic carbocycles. The van der Waals surface area contributed by atoms with Crippen LogP contribution in [0.3, 0.4) is 0 Å². The molecule has 0 saturated heterocycles. The molecule has 10 heavy (non-hydrogen) atoms. The Morgan fingerprint density at radius 2 is 2.50 bits per heavy atom. The number of rotatable bonds is 2. The summed E-state index contributed by atoms with van der Waals surface area (Å²) in [4.78, 5) is 5.34. The van der Waals surface area contributed by atoms with Crippen LogP contribution in [0.25, 0.3) is 0 Å². The Labute approximate surface area is 65.2 Å². The predicted molar refractivity (Wildman–Crippen MR) is 48.4 cm³/mol. The van der Waals surface area contributed by atoms with Crippen molar-refractivity contribution in [2.24, 2.45) is 4.99 Å². The Hall–Kier alpha value is -0.760. The van der Waals surface area contributed by atoms with Crippen LogP contribution in [0.4, 0.5) is 0 Å². The minimum atomic E-state index is 0.839. The van der Waals surface area contributed by atoms with Crippen molar-refractivity contribution < 1.29 is 0 Å². The molecule has 1 heterocycles. The van der Waals surface area contributed by atoms with E-state index in [1.807, 2.05) is 17.7 Å². The standard InChI is InChI=1S/C8H9NS/c1-2-3-4-5-8-6-9-7-10-8/h2-5,7H,1,6H2/b4-3-,8-5+.